The smallest absolute Gasteiger partial charge is 0.338 e. The van der Waals surface area contributed by atoms with Gasteiger partial charge in [-0.3, -0.25) is 4.98 Å². The van der Waals surface area contributed by atoms with Crippen molar-refractivity contribution in [3.05, 3.63) is 84.2 Å². The van der Waals surface area contributed by atoms with Crippen LogP contribution in [-0.2, 0) is 11.3 Å². The van der Waals surface area contributed by atoms with Crippen molar-refractivity contribution in [3.8, 4) is 17.2 Å². The Morgan fingerprint density at radius 1 is 0.960 bits per heavy atom. The summed E-state index contributed by atoms with van der Waals surface area (Å²) in [6.07, 6.45) is 3.30. The first-order chi connectivity index (χ1) is 12.2. The van der Waals surface area contributed by atoms with Crippen LogP contribution in [0.1, 0.15) is 15.9 Å². The van der Waals surface area contributed by atoms with E-state index in [2.05, 4.69) is 4.98 Å². The van der Waals surface area contributed by atoms with Gasteiger partial charge in [-0.15, -0.1) is 0 Å². The van der Waals surface area contributed by atoms with Crippen molar-refractivity contribution < 1.29 is 19.0 Å². The molecule has 0 unspecified atom stereocenters. The van der Waals surface area contributed by atoms with Gasteiger partial charge in [0.15, 0.2) is 0 Å². The molecule has 0 atom stereocenters. The molecule has 0 bridgehead atoms. The molecule has 1 heterocycles. The fraction of sp³-hybridized carbons (Fsp3) is 0.100. The van der Waals surface area contributed by atoms with Gasteiger partial charge in [0.05, 0.1) is 18.9 Å². The molecule has 0 fully saturated rings. The second-order valence-corrected chi connectivity index (χ2v) is 5.24. The lowest BCUT2D eigenvalue weighted by atomic mass is 10.2. The Bertz CT molecular complexity index is 832. The van der Waals surface area contributed by atoms with Gasteiger partial charge in [-0.2, -0.15) is 0 Å². The third kappa shape index (κ3) is 4.57. The van der Waals surface area contributed by atoms with Crippen LogP contribution < -0.4 is 9.47 Å². The molecule has 0 amide bonds. The van der Waals surface area contributed by atoms with E-state index in [1.165, 1.54) is 0 Å². The van der Waals surface area contributed by atoms with Gasteiger partial charge >= 0.3 is 5.97 Å². The van der Waals surface area contributed by atoms with Crippen molar-refractivity contribution in [1.82, 2.24) is 4.98 Å². The van der Waals surface area contributed by atoms with Crippen LogP contribution in [0.5, 0.6) is 17.2 Å². The highest BCUT2D eigenvalue weighted by molar-refractivity contribution is 5.89. The quantitative estimate of drug-likeness (QED) is 0.631. The molecule has 0 radical (unpaired) electrons. The maximum absolute atomic E-state index is 12.1. The summed E-state index contributed by atoms with van der Waals surface area (Å²) in [6.45, 7) is 0.184. The molecule has 3 aromatic rings. The van der Waals surface area contributed by atoms with Gasteiger partial charge in [0.25, 0.3) is 0 Å². The lowest BCUT2D eigenvalue weighted by molar-refractivity contribution is 0.0472. The van der Waals surface area contributed by atoms with E-state index >= 15 is 0 Å². The fourth-order valence-electron chi connectivity index (χ4n) is 2.20. The van der Waals surface area contributed by atoms with Crippen LogP contribution in [0.2, 0.25) is 0 Å². The summed E-state index contributed by atoms with van der Waals surface area (Å²) in [7, 11) is 1.60. The van der Waals surface area contributed by atoms with E-state index in [0.717, 1.165) is 11.3 Å². The fourth-order valence-corrected chi connectivity index (χ4v) is 2.20. The summed E-state index contributed by atoms with van der Waals surface area (Å²) < 4.78 is 16.1. The maximum Gasteiger partial charge on any atom is 0.338 e. The van der Waals surface area contributed by atoms with Gasteiger partial charge < -0.3 is 14.2 Å². The summed E-state index contributed by atoms with van der Waals surface area (Å²) in [6, 6.07) is 17.8. The number of carbonyl (C=O) groups is 1. The molecule has 0 saturated carbocycles. The predicted octanol–water partition coefficient (Wildman–Crippen LogP) is 4.24. The largest absolute Gasteiger partial charge is 0.497 e. The molecule has 1 aromatic heterocycles. The zero-order chi connectivity index (χ0) is 17.5. The van der Waals surface area contributed by atoms with Gasteiger partial charge in [0.1, 0.15) is 23.9 Å². The second-order valence-electron chi connectivity index (χ2n) is 5.24. The standard InChI is InChI=1S/C20H17NO4/c1-23-18-5-2-4-15(12-18)14-24-20(22)16-7-9-17(10-8-16)25-19-6-3-11-21-13-19/h2-13H,14H2,1H3. The number of pyridine rings is 1. The number of methoxy groups -OCH3 is 1. The molecular formula is C20H17NO4. The Hall–Kier alpha value is -3.34. The summed E-state index contributed by atoms with van der Waals surface area (Å²) in [5, 5.41) is 0. The van der Waals surface area contributed by atoms with Crippen molar-refractivity contribution in [3.63, 3.8) is 0 Å². The third-order valence-corrected chi connectivity index (χ3v) is 3.46. The van der Waals surface area contributed by atoms with Crippen molar-refractivity contribution in [1.29, 1.82) is 0 Å². The van der Waals surface area contributed by atoms with Gasteiger partial charge in [-0.25, -0.2) is 4.79 Å². The molecule has 5 nitrogen and oxygen atoms in total. The SMILES string of the molecule is COc1cccc(COC(=O)c2ccc(Oc3cccnc3)cc2)c1. The summed E-state index contributed by atoms with van der Waals surface area (Å²) in [5.41, 5.74) is 1.32. The van der Waals surface area contributed by atoms with E-state index in [9.17, 15) is 4.79 Å². The first-order valence-electron chi connectivity index (χ1n) is 7.72. The number of ether oxygens (including phenoxy) is 3. The predicted molar refractivity (Wildman–Crippen MR) is 92.9 cm³/mol. The number of hydrogen-bond acceptors (Lipinski definition) is 5. The average Bonchev–Trinajstić information content (AvgIpc) is 2.67. The number of benzene rings is 2. The van der Waals surface area contributed by atoms with Crippen LogP contribution in [0, 0.1) is 0 Å². The van der Waals surface area contributed by atoms with Gasteiger partial charge in [-0.1, -0.05) is 12.1 Å². The van der Waals surface area contributed by atoms with Crippen molar-refractivity contribution in [2.45, 2.75) is 6.61 Å². The Balaban J connectivity index is 1.58. The number of esters is 1. The Labute approximate surface area is 145 Å². The molecule has 2 aromatic carbocycles. The minimum Gasteiger partial charge on any atom is -0.497 e. The first kappa shape index (κ1) is 16.5. The number of hydrogen-bond donors (Lipinski definition) is 0. The van der Waals surface area contributed by atoms with Crippen LogP contribution in [0.4, 0.5) is 0 Å². The molecule has 0 saturated heterocycles. The summed E-state index contributed by atoms with van der Waals surface area (Å²) in [5.74, 6) is 1.59. The molecular weight excluding hydrogens is 318 g/mol. The zero-order valence-electron chi connectivity index (χ0n) is 13.7. The highest BCUT2D eigenvalue weighted by Gasteiger charge is 2.08. The molecule has 0 N–H and O–H groups in total. The van der Waals surface area contributed by atoms with E-state index in [0.29, 0.717) is 17.1 Å². The molecule has 126 valence electrons. The first-order valence-corrected chi connectivity index (χ1v) is 7.72. The maximum atomic E-state index is 12.1. The summed E-state index contributed by atoms with van der Waals surface area (Å²) in [4.78, 5) is 16.1. The number of carbonyl (C=O) groups excluding carboxylic acids is 1. The van der Waals surface area contributed by atoms with Crippen LogP contribution in [-0.4, -0.2) is 18.1 Å². The topological polar surface area (TPSA) is 57.7 Å². The van der Waals surface area contributed by atoms with E-state index in [1.54, 1.807) is 49.8 Å². The van der Waals surface area contributed by atoms with Gasteiger partial charge in [-0.05, 0) is 54.1 Å². The Kier molecular flexibility index (Phi) is 5.26. The van der Waals surface area contributed by atoms with Gasteiger partial charge in [0.2, 0.25) is 0 Å². The highest BCUT2D eigenvalue weighted by atomic mass is 16.5. The van der Waals surface area contributed by atoms with Crippen LogP contribution >= 0.6 is 0 Å². The van der Waals surface area contributed by atoms with Crippen LogP contribution in [0.15, 0.2) is 73.1 Å². The lowest BCUT2D eigenvalue weighted by Crippen LogP contribution is -2.05. The van der Waals surface area contributed by atoms with E-state index < -0.39 is 5.97 Å². The average molecular weight is 335 g/mol. The second kappa shape index (κ2) is 7.97. The molecule has 5 heteroatoms. The number of aromatic nitrogens is 1. The molecule has 0 aliphatic carbocycles. The Morgan fingerprint density at radius 2 is 1.76 bits per heavy atom. The van der Waals surface area contributed by atoms with E-state index in [4.69, 9.17) is 14.2 Å². The van der Waals surface area contributed by atoms with E-state index in [-0.39, 0.29) is 6.61 Å². The van der Waals surface area contributed by atoms with Crippen molar-refractivity contribution in [2.24, 2.45) is 0 Å². The molecule has 0 aliphatic heterocycles. The van der Waals surface area contributed by atoms with E-state index in [1.807, 2.05) is 30.3 Å². The Morgan fingerprint density at radius 3 is 2.48 bits per heavy atom. The lowest BCUT2D eigenvalue weighted by Gasteiger charge is -2.08. The van der Waals surface area contributed by atoms with Crippen LogP contribution in [0.25, 0.3) is 0 Å². The summed E-state index contributed by atoms with van der Waals surface area (Å²) >= 11 is 0. The van der Waals surface area contributed by atoms with Crippen molar-refractivity contribution in [2.75, 3.05) is 7.11 Å². The highest BCUT2D eigenvalue weighted by Crippen LogP contribution is 2.21. The van der Waals surface area contributed by atoms with Crippen molar-refractivity contribution >= 4 is 5.97 Å². The molecule has 25 heavy (non-hydrogen) atoms. The third-order valence-electron chi connectivity index (χ3n) is 3.46. The normalized spacial score (nSPS) is 10.1. The van der Waals surface area contributed by atoms with Crippen LogP contribution in [0.3, 0.4) is 0 Å². The molecule has 3 rings (SSSR count). The molecule has 0 aliphatic rings. The zero-order valence-corrected chi connectivity index (χ0v) is 13.7. The number of rotatable bonds is 6. The number of nitrogens with zero attached hydrogens (tertiary/aromatic N) is 1. The molecule has 0 spiro atoms. The monoisotopic (exact) mass is 335 g/mol. The van der Waals surface area contributed by atoms with Gasteiger partial charge in [0, 0.05) is 6.20 Å². The minimum atomic E-state index is -0.393. The minimum absolute atomic E-state index is 0.184.